The normalized spacial score (nSPS) is 18.3. The maximum absolute atomic E-state index is 15.2. The van der Waals surface area contributed by atoms with Crippen molar-refractivity contribution in [1.82, 2.24) is 20.0 Å². The van der Waals surface area contributed by atoms with Gasteiger partial charge in [0.05, 0.1) is 11.9 Å². The van der Waals surface area contributed by atoms with E-state index in [0.29, 0.717) is 16.7 Å². The molecule has 2 aromatic carbocycles. The predicted molar refractivity (Wildman–Crippen MR) is 110 cm³/mol. The van der Waals surface area contributed by atoms with E-state index in [0.717, 1.165) is 11.3 Å². The van der Waals surface area contributed by atoms with Crippen LogP contribution in [0.3, 0.4) is 0 Å². The quantitative estimate of drug-likeness (QED) is 0.663. The number of benzene rings is 2. The Bertz CT molecular complexity index is 1240. The van der Waals surface area contributed by atoms with Crippen molar-refractivity contribution in [2.24, 2.45) is 7.05 Å². The first-order valence-electron chi connectivity index (χ1n) is 9.99. The standard InChI is InChI=1S/C23H19FN4O3/c1-27-21(13-5-3-2-4-6-13)17(11-25-27)16-9-14-12-28(23(31)15(14)10-18(16)24)19-7-8-20(29)26-22(19)30/h2-6,9-11,19H,7-8,12H2,1H3,(H,26,29,30). The summed E-state index contributed by atoms with van der Waals surface area (Å²) in [6, 6.07) is 11.7. The number of carbonyl (C=O) groups excluding carboxylic acids is 3. The fourth-order valence-corrected chi connectivity index (χ4v) is 4.37. The summed E-state index contributed by atoms with van der Waals surface area (Å²) in [6.07, 6.45) is 2.05. The van der Waals surface area contributed by atoms with Crippen LogP contribution in [0.15, 0.2) is 48.7 Å². The lowest BCUT2D eigenvalue weighted by molar-refractivity contribution is -0.136. The highest BCUT2D eigenvalue weighted by molar-refractivity contribution is 6.05. The van der Waals surface area contributed by atoms with Crippen LogP contribution in [0.4, 0.5) is 4.39 Å². The summed E-state index contributed by atoms with van der Waals surface area (Å²) in [5, 5.41) is 6.59. The molecule has 1 fully saturated rings. The summed E-state index contributed by atoms with van der Waals surface area (Å²) in [6.45, 7) is 0.189. The van der Waals surface area contributed by atoms with E-state index in [1.807, 2.05) is 30.3 Å². The molecule has 1 saturated heterocycles. The summed E-state index contributed by atoms with van der Waals surface area (Å²) in [7, 11) is 1.80. The molecule has 3 amide bonds. The van der Waals surface area contributed by atoms with Crippen LogP contribution < -0.4 is 5.32 Å². The van der Waals surface area contributed by atoms with Gasteiger partial charge in [-0.2, -0.15) is 5.10 Å². The molecule has 7 nitrogen and oxygen atoms in total. The van der Waals surface area contributed by atoms with Crippen molar-refractivity contribution in [2.45, 2.75) is 25.4 Å². The summed E-state index contributed by atoms with van der Waals surface area (Å²) >= 11 is 0. The molecule has 0 radical (unpaired) electrons. The molecule has 2 aliphatic heterocycles. The van der Waals surface area contributed by atoms with Gasteiger partial charge < -0.3 is 4.90 Å². The highest BCUT2D eigenvalue weighted by Gasteiger charge is 2.39. The molecule has 5 rings (SSSR count). The van der Waals surface area contributed by atoms with Gasteiger partial charge in [-0.15, -0.1) is 0 Å². The Hall–Kier alpha value is -3.81. The van der Waals surface area contributed by atoms with Gasteiger partial charge in [0, 0.05) is 42.3 Å². The number of imide groups is 1. The molecule has 3 aromatic rings. The summed E-state index contributed by atoms with van der Waals surface area (Å²) in [4.78, 5) is 38.0. The smallest absolute Gasteiger partial charge is 0.255 e. The van der Waals surface area contributed by atoms with Gasteiger partial charge in [0.25, 0.3) is 5.91 Å². The van der Waals surface area contributed by atoms with E-state index in [4.69, 9.17) is 0 Å². The first-order valence-corrected chi connectivity index (χ1v) is 9.99. The van der Waals surface area contributed by atoms with Crippen molar-refractivity contribution in [3.8, 4) is 22.4 Å². The predicted octanol–water partition coefficient (Wildman–Crippen LogP) is 2.65. The lowest BCUT2D eigenvalue weighted by Crippen LogP contribution is -2.52. The van der Waals surface area contributed by atoms with Crippen molar-refractivity contribution in [3.63, 3.8) is 0 Å². The van der Waals surface area contributed by atoms with E-state index in [1.54, 1.807) is 24.0 Å². The summed E-state index contributed by atoms with van der Waals surface area (Å²) in [5.41, 5.74) is 3.54. The van der Waals surface area contributed by atoms with Crippen LogP contribution in [0.25, 0.3) is 22.4 Å². The van der Waals surface area contributed by atoms with Crippen molar-refractivity contribution >= 4 is 17.7 Å². The second-order valence-electron chi connectivity index (χ2n) is 7.79. The minimum Gasteiger partial charge on any atom is -0.322 e. The molecule has 31 heavy (non-hydrogen) atoms. The van der Waals surface area contributed by atoms with Crippen LogP contribution in [0.2, 0.25) is 0 Å². The molecule has 0 aliphatic carbocycles. The van der Waals surface area contributed by atoms with Gasteiger partial charge in [0.1, 0.15) is 11.9 Å². The van der Waals surface area contributed by atoms with Gasteiger partial charge in [-0.3, -0.25) is 24.4 Å². The highest BCUT2D eigenvalue weighted by Crippen LogP contribution is 2.37. The zero-order chi connectivity index (χ0) is 21.7. The van der Waals surface area contributed by atoms with Crippen LogP contribution >= 0.6 is 0 Å². The number of hydrogen-bond donors (Lipinski definition) is 1. The molecule has 3 heterocycles. The number of aryl methyl sites for hydroxylation is 1. The molecule has 0 bridgehead atoms. The third-order valence-electron chi connectivity index (χ3n) is 5.89. The lowest BCUT2D eigenvalue weighted by atomic mass is 9.97. The number of piperidine rings is 1. The summed E-state index contributed by atoms with van der Waals surface area (Å²) < 4.78 is 16.9. The number of rotatable bonds is 3. The van der Waals surface area contributed by atoms with Crippen molar-refractivity contribution in [3.05, 3.63) is 65.6 Å². The molecule has 1 unspecified atom stereocenters. The van der Waals surface area contributed by atoms with Crippen molar-refractivity contribution in [2.75, 3.05) is 0 Å². The molecule has 0 spiro atoms. The van der Waals surface area contributed by atoms with Crippen LogP contribution in [0.1, 0.15) is 28.8 Å². The average Bonchev–Trinajstić information content (AvgIpc) is 3.28. The third-order valence-corrected chi connectivity index (χ3v) is 5.89. The minimum atomic E-state index is -0.734. The Balaban J connectivity index is 1.54. The van der Waals surface area contributed by atoms with Crippen LogP contribution in [0.5, 0.6) is 0 Å². The van der Waals surface area contributed by atoms with Gasteiger partial charge in [-0.1, -0.05) is 30.3 Å². The van der Waals surface area contributed by atoms with E-state index < -0.39 is 23.7 Å². The number of hydrogen-bond acceptors (Lipinski definition) is 4. The number of nitrogens with one attached hydrogen (secondary N) is 1. The average molecular weight is 418 g/mol. The van der Waals surface area contributed by atoms with Crippen molar-refractivity contribution in [1.29, 1.82) is 0 Å². The Morgan fingerprint density at radius 2 is 1.84 bits per heavy atom. The van der Waals surface area contributed by atoms with E-state index in [1.165, 1.54) is 11.0 Å². The van der Waals surface area contributed by atoms with Gasteiger partial charge in [0.15, 0.2) is 0 Å². The van der Waals surface area contributed by atoms with E-state index in [2.05, 4.69) is 10.4 Å². The number of carbonyl (C=O) groups is 3. The Labute approximate surface area is 177 Å². The molecule has 8 heteroatoms. The SMILES string of the molecule is Cn1ncc(-c2cc3c(cc2F)C(=O)N(C2CCC(=O)NC2=O)C3)c1-c1ccccc1. The molecule has 0 saturated carbocycles. The maximum atomic E-state index is 15.2. The largest absolute Gasteiger partial charge is 0.322 e. The molecule has 2 aliphatic rings. The van der Waals surface area contributed by atoms with Gasteiger partial charge in [-0.05, 0) is 24.1 Å². The number of amides is 3. The van der Waals surface area contributed by atoms with Gasteiger partial charge in [-0.25, -0.2) is 4.39 Å². The number of aromatic nitrogens is 2. The molecular weight excluding hydrogens is 399 g/mol. The summed E-state index contributed by atoms with van der Waals surface area (Å²) in [5.74, 6) is -1.76. The van der Waals surface area contributed by atoms with Crippen LogP contribution in [-0.2, 0) is 23.2 Å². The number of nitrogens with zero attached hydrogens (tertiary/aromatic N) is 3. The zero-order valence-electron chi connectivity index (χ0n) is 16.8. The monoisotopic (exact) mass is 418 g/mol. The van der Waals surface area contributed by atoms with Crippen LogP contribution in [-0.4, -0.2) is 38.4 Å². The fraction of sp³-hybridized carbons (Fsp3) is 0.217. The number of fused-ring (bicyclic) bond motifs is 1. The lowest BCUT2D eigenvalue weighted by Gasteiger charge is -2.29. The topological polar surface area (TPSA) is 84.3 Å². The highest BCUT2D eigenvalue weighted by atomic mass is 19.1. The zero-order valence-corrected chi connectivity index (χ0v) is 16.8. The molecule has 1 aromatic heterocycles. The van der Waals surface area contributed by atoms with Crippen molar-refractivity contribution < 1.29 is 18.8 Å². The van der Waals surface area contributed by atoms with Crippen LogP contribution in [0, 0.1) is 5.82 Å². The maximum Gasteiger partial charge on any atom is 0.255 e. The Morgan fingerprint density at radius 3 is 2.58 bits per heavy atom. The van der Waals surface area contributed by atoms with Gasteiger partial charge in [0.2, 0.25) is 11.8 Å². The first kappa shape index (κ1) is 19.2. The molecular formula is C23H19FN4O3. The van der Waals surface area contributed by atoms with E-state index in [-0.39, 0.29) is 30.9 Å². The first-order chi connectivity index (χ1) is 14.9. The fourth-order valence-electron chi connectivity index (χ4n) is 4.37. The second-order valence-corrected chi connectivity index (χ2v) is 7.79. The Kier molecular flexibility index (Phi) is 4.43. The minimum absolute atomic E-state index is 0.173. The van der Waals surface area contributed by atoms with E-state index in [9.17, 15) is 14.4 Å². The van der Waals surface area contributed by atoms with Gasteiger partial charge >= 0.3 is 0 Å². The molecule has 156 valence electrons. The number of halogens is 1. The second kappa shape index (κ2) is 7.16. The third kappa shape index (κ3) is 3.11. The Morgan fingerprint density at radius 1 is 1.06 bits per heavy atom. The molecule has 1 N–H and O–H groups in total. The molecule has 1 atom stereocenters. The van der Waals surface area contributed by atoms with E-state index >= 15 is 4.39 Å².